The summed E-state index contributed by atoms with van der Waals surface area (Å²) >= 11 is 0. The van der Waals surface area contributed by atoms with Crippen LogP contribution in [-0.4, -0.2) is 41.5 Å². The average Bonchev–Trinajstić information content (AvgIpc) is 2.95. The number of esters is 2. The van der Waals surface area contributed by atoms with E-state index in [4.69, 9.17) is 14.2 Å². The third-order valence-electron chi connectivity index (χ3n) is 3.51. The number of carbonyl (C=O) groups is 4. The minimum Gasteiger partial charge on any atom is -0.464 e. The Hall–Kier alpha value is -2.90. The number of benzene rings is 1. The Morgan fingerprint density at radius 2 is 1.84 bits per heavy atom. The molecule has 1 unspecified atom stereocenters. The molecule has 134 valence electrons. The van der Waals surface area contributed by atoms with Crippen molar-refractivity contribution >= 4 is 23.9 Å². The lowest BCUT2D eigenvalue weighted by Gasteiger charge is -2.20. The van der Waals surface area contributed by atoms with Crippen LogP contribution in [-0.2, 0) is 30.5 Å². The van der Waals surface area contributed by atoms with Crippen LogP contribution in [0.2, 0.25) is 0 Å². The zero-order valence-corrected chi connectivity index (χ0v) is 14.0. The predicted octanol–water partition coefficient (Wildman–Crippen LogP) is 1.80. The van der Waals surface area contributed by atoms with Crippen LogP contribution >= 0.6 is 0 Å². The molecule has 1 heterocycles. The summed E-state index contributed by atoms with van der Waals surface area (Å²) < 4.78 is 14.9. The zero-order chi connectivity index (χ0) is 18.4. The van der Waals surface area contributed by atoms with Crippen LogP contribution in [0.1, 0.15) is 32.3 Å². The molecule has 1 fully saturated rings. The molecule has 2 rings (SSSR count). The van der Waals surface area contributed by atoms with Gasteiger partial charge in [0, 0.05) is 13.3 Å². The summed E-state index contributed by atoms with van der Waals surface area (Å²) in [6.07, 6.45) is -0.566. The first-order chi connectivity index (χ1) is 11.9. The van der Waals surface area contributed by atoms with E-state index >= 15 is 0 Å². The van der Waals surface area contributed by atoms with Crippen molar-refractivity contribution in [3.63, 3.8) is 0 Å². The van der Waals surface area contributed by atoms with E-state index in [0.717, 1.165) is 4.90 Å². The SMILES string of the molecule is CCOC(=O)C1CCC(=O)N1C(=O)OCc1ccc(OC(C)=O)cc1. The first kappa shape index (κ1) is 18.4. The summed E-state index contributed by atoms with van der Waals surface area (Å²) in [7, 11) is 0. The van der Waals surface area contributed by atoms with Crippen molar-refractivity contribution in [2.75, 3.05) is 6.61 Å². The number of amides is 2. The summed E-state index contributed by atoms with van der Waals surface area (Å²) in [6, 6.07) is 5.44. The van der Waals surface area contributed by atoms with Crippen LogP contribution in [0.15, 0.2) is 24.3 Å². The highest BCUT2D eigenvalue weighted by Gasteiger charge is 2.42. The molecule has 25 heavy (non-hydrogen) atoms. The van der Waals surface area contributed by atoms with Gasteiger partial charge in [-0.25, -0.2) is 14.5 Å². The molecule has 2 amide bonds. The van der Waals surface area contributed by atoms with Crippen molar-refractivity contribution < 1.29 is 33.4 Å². The second-order valence-corrected chi connectivity index (χ2v) is 5.36. The maximum atomic E-state index is 12.2. The molecule has 0 aliphatic carbocycles. The molecule has 1 aromatic carbocycles. The maximum Gasteiger partial charge on any atom is 0.417 e. The van der Waals surface area contributed by atoms with Crippen molar-refractivity contribution in [1.82, 2.24) is 4.90 Å². The van der Waals surface area contributed by atoms with Gasteiger partial charge in [0.2, 0.25) is 5.91 Å². The van der Waals surface area contributed by atoms with Gasteiger partial charge in [-0.05, 0) is 31.0 Å². The molecular formula is C17H19NO7. The first-order valence-electron chi connectivity index (χ1n) is 7.85. The van der Waals surface area contributed by atoms with Gasteiger partial charge in [0.15, 0.2) is 0 Å². The van der Waals surface area contributed by atoms with Crippen LogP contribution < -0.4 is 4.74 Å². The summed E-state index contributed by atoms with van der Waals surface area (Å²) in [5, 5.41) is 0. The number of ether oxygens (including phenoxy) is 3. The van der Waals surface area contributed by atoms with Gasteiger partial charge in [0.25, 0.3) is 0 Å². The Morgan fingerprint density at radius 3 is 2.44 bits per heavy atom. The largest absolute Gasteiger partial charge is 0.464 e. The minimum atomic E-state index is -0.939. The van der Waals surface area contributed by atoms with Crippen LogP contribution in [0.5, 0.6) is 5.75 Å². The lowest BCUT2D eigenvalue weighted by Crippen LogP contribution is -2.43. The molecule has 0 saturated carbocycles. The highest BCUT2D eigenvalue weighted by Crippen LogP contribution is 2.22. The Labute approximate surface area is 144 Å². The fourth-order valence-electron chi connectivity index (χ4n) is 2.41. The van der Waals surface area contributed by atoms with Crippen molar-refractivity contribution in [2.45, 2.75) is 39.3 Å². The number of hydrogen-bond donors (Lipinski definition) is 0. The number of rotatable bonds is 5. The molecule has 1 aliphatic rings. The quantitative estimate of drug-likeness (QED) is 0.590. The molecule has 1 saturated heterocycles. The Balaban J connectivity index is 1.95. The summed E-state index contributed by atoms with van der Waals surface area (Å²) in [5.41, 5.74) is 0.642. The predicted molar refractivity (Wildman–Crippen MR) is 84.4 cm³/mol. The van der Waals surface area contributed by atoms with Gasteiger partial charge in [0.05, 0.1) is 6.61 Å². The second-order valence-electron chi connectivity index (χ2n) is 5.36. The number of nitrogens with zero attached hydrogens (tertiary/aromatic N) is 1. The van der Waals surface area contributed by atoms with E-state index in [1.807, 2.05) is 0 Å². The van der Waals surface area contributed by atoms with E-state index in [0.29, 0.717) is 11.3 Å². The number of imide groups is 1. The van der Waals surface area contributed by atoms with E-state index < -0.39 is 30.0 Å². The highest BCUT2D eigenvalue weighted by atomic mass is 16.6. The standard InChI is InChI=1S/C17H19NO7/c1-3-23-16(21)14-8-9-15(20)18(14)17(22)24-10-12-4-6-13(7-5-12)25-11(2)19/h4-7,14H,3,8-10H2,1-2H3. The average molecular weight is 349 g/mol. The molecular weight excluding hydrogens is 330 g/mol. The molecule has 8 heteroatoms. The van der Waals surface area contributed by atoms with Crippen LogP contribution in [0, 0.1) is 0 Å². The molecule has 0 aromatic heterocycles. The lowest BCUT2D eigenvalue weighted by atomic mass is 10.2. The summed E-state index contributed by atoms with van der Waals surface area (Å²) in [4.78, 5) is 47.5. The third-order valence-corrected chi connectivity index (χ3v) is 3.51. The lowest BCUT2D eigenvalue weighted by molar-refractivity contribution is -0.150. The maximum absolute atomic E-state index is 12.2. The Morgan fingerprint density at radius 1 is 1.16 bits per heavy atom. The van der Waals surface area contributed by atoms with Crippen LogP contribution in [0.3, 0.4) is 0 Å². The van der Waals surface area contributed by atoms with Gasteiger partial charge in [-0.3, -0.25) is 9.59 Å². The third kappa shape index (κ3) is 4.79. The number of carbonyl (C=O) groups excluding carboxylic acids is 4. The monoisotopic (exact) mass is 349 g/mol. The first-order valence-corrected chi connectivity index (χ1v) is 7.85. The zero-order valence-electron chi connectivity index (χ0n) is 14.0. The molecule has 1 atom stereocenters. The number of hydrogen-bond acceptors (Lipinski definition) is 7. The Kier molecular flexibility index (Phi) is 6.10. The number of likely N-dealkylation sites (tertiary alicyclic amines) is 1. The molecule has 8 nitrogen and oxygen atoms in total. The van der Waals surface area contributed by atoms with Gasteiger partial charge in [-0.2, -0.15) is 0 Å². The van der Waals surface area contributed by atoms with Crippen molar-refractivity contribution in [1.29, 1.82) is 0 Å². The fraction of sp³-hybridized carbons (Fsp3) is 0.412. The van der Waals surface area contributed by atoms with E-state index in [-0.39, 0.29) is 26.1 Å². The van der Waals surface area contributed by atoms with E-state index in [1.54, 1.807) is 31.2 Å². The normalized spacial score (nSPS) is 16.5. The fourth-order valence-corrected chi connectivity index (χ4v) is 2.41. The van der Waals surface area contributed by atoms with Gasteiger partial charge < -0.3 is 14.2 Å². The smallest absolute Gasteiger partial charge is 0.417 e. The molecule has 0 radical (unpaired) electrons. The van der Waals surface area contributed by atoms with Gasteiger partial charge in [0.1, 0.15) is 18.4 Å². The van der Waals surface area contributed by atoms with Gasteiger partial charge >= 0.3 is 18.0 Å². The van der Waals surface area contributed by atoms with Crippen molar-refractivity contribution in [3.05, 3.63) is 29.8 Å². The molecule has 0 N–H and O–H groups in total. The minimum absolute atomic E-state index is 0.0848. The molecule has 0 bridgehead atoms. The van der Waals surface area contributed by atoms with Gasteiger partial charge in [-0.1, -0.05) is 12.1 Å². The van der Waals surface area contributed by atoms with Crippen LogP contribution in [0.4, 0.5) is 4.79 Å². The summed E-state index contributed by atoms with van der Waals surface area (Å²) in [6.45, 7) is 3.03. The van der Waals surface area contributed by atoms with Gasteiger partial charge in [-0.15, -0.1) is 0 Å². The van der Waals surface area contributed by atoms with Crippen molar-refractivity contribution in [2.24, 2.45) is 0 Å². The van der Waals surface area contributed by atoms with Crippen LogP contribution in [0.25, 0.3) is 0 Å². The second kappa shape index (κ2) is 8.27. The Bertz CT molecular complexity index is 668. The highest BCUT2D eigenvalue weighted by molar-refractivity contribution is 5.99. The van der Waals surface area contributed by atoms with E-state index in [2.05, 4.69) is 0 Å². The summed E-state index contributed by atoms with van der Waals surface area (Å²) in [5.74, 6) is -1.14. The topological polar surface area (TPSA) is 99.2 Å². The molecule has 1 aliphatic heterocycles. The van der Waals surface area contributed by atoms with E-state index in [9.17, 15) is 19.2 Å². The van der Waals surface area contributed by atoms with Crippen molar-refractivity contribution in [3.8, 4) is 5.75 Å². The molecule has 1 aromatic rings. The molecule has 0 spiro atoms. The van der Waals surface area contributed by atoms with E-state index in [1.165, 1.54) is 6.92 Å².